The zero-order valence-corrected chi connectivity index (χ0v) is 10.9. The third-order valence-electron chi connectivity index (χ3n) is 3.12. The van der Waals surface area contributed by atoms with Crippen LogP contribution in [0.2, 0.25) is 0 Å². The number of nitrogens with two attached hydrogens (primary N) is 1. The molecule has 1 saturated carbocycles. The Bertz CT molecular complexity index is 205. The summed E-state index contributed by atoms with van der Waals surface area (Å²) in [5, 5.41) is 0. The lowest BCUT2D eigenvalue weighted by atomic mass is 9.90. The molecular formula is C12H23NO2S. The number of thioether (sulfide) groups is 1. The van der Waals surface area contributed by atoms with Gasteiger partial charge >= 0.3 is 5.97 Å². The molecule has 1 fully saturated rings. The molecule has 3 nitrogen and oxygen atoms in total. The summed E-state index contributed by atoms with van der Waals surface area (Å²) in [7, 11) is 0. The number of hydrogen-bond donors (Lipinski definition) is 1. The number of hydrogen-bond acceptors (Lipinski definition) is 4. The molecule has 0 aromatic carbocycles. The minimum absolute atomic E-state index is 0.223. The van der Waals surface area contributed by atoms with Crippen LogP contribution in [0.3, 0.4) is 0 Å². The van der Waals surface area contributed by atoms with Crippen LogP contribution < -0.4 is 5.73 Å². The van der Waals surface area contributed by atoms with Crippen molar-refractivity contribution in [2.24, 2.45) is 11.7 Å². The predicted molar refractivity (Wildman–Crippen MR) is 68.5 cm³/mol. The zero-order valence-electron chi connectivity index (χ0n) is 10.1. The van der Waals surface area contributed by atoms with Crippen LogP contribution in [0.1, 0.15) is 38.5 Å². The van der Waals surface area contributed by atoms with E-state index < -0.39 is 6.04 Å². The van der Waals surface area contributed by atoms with Crippen molar-refractivity contribution in [1.29, 1.82) is 0 Å². The normalized spacial score (nSPS) is 19.4. The Hall–Kier alpha value is -0.220. The number of rotatable bonds is 6. The van der Waals surface area contributed by atoms with Crippen LogP contribution >= 0.6 is 11.8 Å². The van der Waals surface area contributed by atoms with Crippen LogP contribution in [-0.2, 0) is 9.53 Å². The summed E-state index contributed by atoms with van der Waals surface area (Å²) in [5.74, 6) is 1.27. The van der Waals surface area contributed by atoms with Crippen molar-refractivity contribution < 1.29 is 9.53 Å². The molecule has 0 radical (unpaired) electrons. The predicted octanol–water partition coefficient (Wildman–Crippen LogP) is 2.19. The van der Waals surface area contributed by atoms with E-state index in [2.05, 4.69) is 0 Å². The second kappa shape index (κ2) is 7.96. The van der Waals surface area contributed by atoms with Gasteiger partial charge in [-0.3, -0.25) is 4.79 Å². The van der Waals surface area contributed by atoms with Gasteiger partial charge in [0.25, 0.3) is 0 Å². The van der Waals surface area contributed by atoms with E-state index in [9.17, 15) is 4.79 Å². The molecule has 0 heterocycles. The van der Waals surface area contributed by atoms with Crippen LogP contribution in [0, 0.1) is 5.92 Å². The third-order valence-corrected chi connectivity index (χ3v) is 3.77. The molecule has 1 rings (SSSR count). The molecule has 0 aromatic heterocycles. The maximum absolute atomic E-state index is 11.5. The quantitative estimate of drug-likeness (QED) is 0.729. The average molecular weight is 245 g/mol. The standard InChI is InChI=1S/C12H23NO2S/c1-16-8-7-11(13)12(14)15-9-10-5-3-2-4-6-10/h10-11H,2-9,13H2,1H3. The molecule has 2 N–H and O–H groups in total. The van der Waals surface area contributed by atoms with E-state index in [0.29, 0.717) is 18.9 Å². The van der Waals surface area contributed by atoms with E-state index in [1.165, 1.54) is 32.1 Å². The topological polar surface area (TPSA) is 52.3 Å². The maximum Gasteiger partial charge on any atom is 0.322 e. The first-order valence-corrected chi connectivity index (χ1v) is 7.54. The molecule has 1 unspecified atom stereocenters. The summed E-state index contributed by atoms with van der Waals surface area (Å²) in [4.78, 5) is 11.5. The molecule has 4 heteroatoms. The Labute approximate surface area is 102 Å². The average Bonchev–Trinajstić information content (AvgIpc) is 2.34. The molecule has 0 bridgehead atoms. The summed E-state index contributed by atoms with van der Waals surface area (Å²) < 4.78 is 5.27. The summed E-state index contributed by atoms with van der Waals surface area (Å²) in [6.45, 7) is 0.575. The Morgan fingerprint density at radius 3 is 2.75 bits per heavy atom. The lowest BCUT2D eigenvalue weighted by Crippen LogP contribution is -2.34. The van der Waals surface area contributed by atoms with E-state index in [0.717, 1.165) is 5.75 Å². The van der Waals surface area contributed by atoms with Gasteiger partial charge in [0.15, 0.2) is 0 Å². The van der Waals surface area contributed by atoms with Gasteiger partial charge in [0.2, 0.25) is 0 Å². The highest BCUT2D eigenvalue weighted by atomic mass is 32.2. The first-order chi connectivity index (χ1) is 7.74. The molecule has 94 valence electrons. The van der Waals surface area contributed by atoms with Gasteiger partial charge in [0.1, 0.15) is 6.04 Å². The van der Waals surface area contributed by atoms with Gasteiger partial charge in [-0.25, -0.2) is 0 Å². The number of ether oxygens (including phenoxy) is 1. The summed E-state index contributed by atoms with van der Waals surface area (Å²) in [6.07, 6.45) is 9.02. The van der Waals surface area contributed by atoms with Crippen LogP contribution in [-0.4, -0.2) is 30.6 Å². The number of esters is 1. The first kappa shape index (κ1) is 13.8. The van der Waals surface area contributed by atoms with Crippen molar-refractivity contribution in [1.82, 2.24) is 0 Å². The molecular weight excluding hydrogens is 222 g/mol. The van der Waals surface area contributed by atoms with E-state index in [4.69, 9.17) is 10.5 Å². The largest absolute Gasteiger partial charge is 0.464 e. The van der Waals surface area contributed by atoms with Crippen LogP contribution in [0.25, 0.3) is 0 Å². The van der Waals surface area contributed by atoms with E-state index >= 15 is 0 Å². The Balaban J connectivity index is 2.12. The van der Waals surface area contributed by atoms with Gasteiger partial charge in [0, 0.05) is 0 Å². The van der Waals surface area contributed by atoms with Gasteiger partial charge in [-0.05, 0) is 37.2 Å². The van der Waals surface area contributed by atoms with E-state index in [-0.39, 0.29) is 5.97 Å². The SMILES string of the molecule is CSCCC(N)C(=O)OCC1CCCCC1. The highest BCUT2D eigenvalue weighted by molar-refractivity contribution is 7.98. The Morgan fingerprint density at radius 1 is 1.44 bits per heavy atom. The van der Waals surface area contributed by atoms with Crippen molar-refractivity contribution in [2.45, 2.75) is 44.6 Å². The van der Waals surface area contributed by atoms with Gasteiger partial charge in [-0.15, -0.1) is 0 Å². The minimum atomic E-state index is -0.434. The minimum Gasteiger partial charge on any atom is -0.464 e. The molecule has 0 aromatic rings. The number of carbonyl (C=O) groups excluding carboxylic acids is 1. The Morgan fingerprint density at radius 2 is 2.12 bits per heavy atom. The molecule has 1 aliphatic rings. The van der Waals surface area contributed by atoms with Crippen molar-refractivity contribution in [2.75, 3.05) is 18.6 Å². The monoisotopic (exact) mass is 245 g/mol. The van der Waals surface area contributed by atoms with Gasteiger partial charge in [-0.1, -0.05) is 19.3 Å². The smallest absolute Gasteiger partial charge is 0.322 e. The van der Waals surface area contributed by atoms with E-state index in [1.54, 1.807) is 11.8 Å². The fourth-order valence-electron chi connectivity index (χ4n) is 2.02. The lowest BCUT2D eigenvalue weighted by Gasteiger charge is -2.21. The van der Waals surface area contributed by atoms with E-state index in [1.807, 2.05) is 6.26 Å². The van der Waals surface area contributed by atoms with Crippen molar-refractivity contribution >= 4 is 17.7 Å². The maximum atomic E-state index is 11.5. The van der Waals surface area contributed by atoms with Gasteiger partial charge < -0.3 is 10.5 Å². The van der Waals surface area contributed by atoms with Crippen LogP contribution in [0.4, 0.5) is 0 Å². The second-order valence-electron chi connectivity index (χ2n) is 4.52. The fraction of sp³-hybridized carbons (Fsp3) is 0.917. The third kappa shape index (κ3) is 5.21. The second-order valence-corrected chi connectivity index (χ2v) is 5.51. The lowest BCUT2D eigenvalue weighted by molar-refractivity contribution is -0.146. The number of carbonyl (C=O) groups is 1. The fourth-order valence-corrected chi connectivity index (χ4v) is 2.51. The highest BCUT2D eigenvalue weighted by Gasteiger charge is 2.18. The molecule has 0 aliphatic heterocycles. The van der Waals surface area contributed by atoms with Gasteiger partial charge in [-0.2, -0.15) is 11.8 Å². The Kier molecular flexibility index (Phi) is 6.88. The molecule has 1 atom stereocenters. The molecule has 16 heavy (non-hydrogen) atoms. The molecule has 0 amide bonds. The van der Waals surface area contributed by atoms with Crippen LogP contribution in [0.15, 0.2) is 0 Å². The molecule has 0 saturated heterocycles. The van der Waals surface area contributed by atoms with Crippen LogP contribution in [0.5, 0.6) is 0 Å². The zero-order chi connectivity index (χ0) is 11.8. The summed E-state index contributed by atoms with van der Waals surface area (Å²) in [6, 6.07) is -0.434. The van der Waals surface area contributed by atoms with Gasteiger partial charge in [0.05, 0.1) is 6.61 Å². The van der Waals surface area contributed by atoms with Crippen molar-refractivity contribution in [3.05, 3.63) is 0 Å². The first-order valence-electron chi connectivity index (χ1n) is 6.15. The highest BCUT2D eigenvalue weighted by Crippen LogP contribution is 2.23. The van der Waals surface area contributed by atoms with Crippen molar-refractivity contribution in [3.63, 3.8) is 0 Å². The summed E-state index contributed by atoms with van der Waals surface area (Å²) >= 11 is 1.71. The van der Waals surface area contributed by atoms with Crippen molar-refractivity contribution in [3.8, 4) is 0 Å². The molecule has 0 spiro atoms. The summed E-state index contributed by atoms with van der Waals surface area (Å²) in [5.41, 5.74) is 5.73. The molecule has 1 aliphatic carbocycles.